The number of hydrogen-bond acceptors (Lipinski definition) is 5. The molecule has 130 valence electrons. The zero-order chi connectivity index (χ0) is 18.0. The third-order valence-electron chi connectivity index (χ3n) is 4.15. The van der Waals surface area contributed by atoms with Crippen LogP contribution < -0.4 is 10.0 Å². The van der Waals surface area contributed by atoms with Gasteiger partial charge in [-0.15, -0.1) is 0 Å². The second-order valence-corrected chi connectivity index (χ2v) is 7.77. The molecule has 1 amide bonds. The molecule has 0 saturated carbocycles. The van der Waals surface area contributed by atoms with Crippen LogP contribution in [0.25, 0.3) is 0 Å². The Morgan fingerprint density at radius 2 is 2.00 bits per heavy atom. The smallest absolute Gasteiger partial charge is 0.238 e. The van der Waals surface area contributed by atoms with Gasteiger partial charge in [0, 0.05) is 11.6 Å². The lowest BCUT2D eigenvalue weighted by molar-refractivity contribution is -0.127. The highest BCUT2D eigenvalue weighted by atomic mass is 32.2. The molecule has 8 heteroatoms. The molecule has 2 heterocycles. The number of rotatable bonds is 4. The minimum Gasteiger partial charge on any atom is -0.469 e. The van der Waals surface area contributed by atoms with E-state index < -0.39 is 15.9 Å². The number of nitriles is 1. The van der Waals surface area contributed by atoms with E-state index in [1.165, 1.54) is 6.26 Å². The quantitative estimate of drug-likeness (QED) is 0.868. The maximum Gasteiger partial charge on any atom is 0.238 e. The van der Waals surface area contributed by atoms with Crippen LogP contribution >= 0.6 is 0 Å². The lowest BCUT2D eigenvalue weighted by Crippen LogP contribution is -2.42. The van der Waals surface area contributed by atoms with Crippen molar-refractivity contribution in [2.45, 2.75) is 18.4 Å². The summed E-state index contributed by atoms with van der Waals surface area (Å²) in [5.74, 6) is -0.846. The van der Waals surface area contributed by atoms with Gasteiger partial charge < -0.3 is 9.73 Å². The molecule has 2 N–H and O–H groups in total. The van der Waals surface area contributed by atoms with Gasteiger partial charge in [-0.05, 0) is 36.2 Å². The molecule has 3 rings (SSSR count). The van der Waals surface area contributed by atoms with Crippen molar-refractivity contribution in [2.24, 2.45) is 5.92 Å². The number of sulfonamides is 1. The van der Waals surface area contributed by atoms with Crippen molar-refractivity contribution >= 4 is 21.6 Å². The summed E-state index contributed by atoms with van der Waals surface area (Å²) >= 11 is 0. The van der Waals surface area contributed by atoms with Crippen molar-refractivity contribution in [2.75, 3.05) is 11.0 Å². The Hall–Kier alpha value is -2.79. The number of furan rings is 1. The highest BCUT2D eigenvalue weighted by Crippen LogP contribution is 2.38. The predicted octanol–water partition coefficient (Wildman–Crippen LogP) is 2.14. The Kier molecular flexibility index (Phi) is 4.51. The van der Waals surface area contributed by atoms with Crippen molar-refractivity contribution < 1.29 is 17.6 Å². The molecule has 0 aliphatic carbocycles. The molecule has 0 spiro atoms. The Balaban J connectivity index is 1.83. The van der Waals surface area contributed by atoms with Gasteiger partial charge in [-0.2, -0.15) is 5.26 Å². The molecule has 1 aliphatic heterocycles. The Labute approximate surface area is 145 Å². The first-order valence-corrected chi connectivity index (χ1v) is 9.57. The molecule has 3 atom stereocenters. The van der Waals surface area contributed by atoms with Crippen molar-refractivity contribution in [3.8, 4) is 6.07 Å². The van der Waals surface area contributed by atoms with Crippen LogP contribution in [-0.4, -0.2) is 20.6 Å². The second-order valence-electron chi connectivity index (χ2n) is 6.02. The van der Waals surface area contributed by atoms with Gasteiger partial charge in [0.05, 0.1) is 24.6 Å². The predicted molar refractivity (Wildman–Crippen MR) is 91.0 cm³/mol. The lowest BCUT2D eigenvalue weighted by Gasteiger charge is -2.32. The number of nitrogens with one attached hydrogen (secondary N) is 2. The number of carbonyl (C=O) groups excluding carboxylic acids is 1. The second kappa shape index (κ2) is 6.61. The lowest BCUT2D eigenvalue weighted by atomic mass is 9.80. The number of nitrogens with zero attached hydrogens (tertiary/aromatic N) is 1. The van der Waals surface area contributed by atoms with E-state index in [1.807, 2.05) is 0 Å². The molecule has 1 fully saturated rings. The van der Waals surface area contributed by atoms with E-state index in [9.17, 15) is 18.5 Å². The van der Waals surface area contributed by atoms with Crippen LogP contribution in [-0.2, 0) is 14.8 Å². The third kappa shape index (κ3) is 3.83. The number of amides is 1. The van der Waals surface area contributed by atoms with Crippen molar-refractivity contribution in [1.29, 1.82) is 5.26 Å². The fourth-order valence-electron chi connectivity index (χ4n) is 3.04. The summed E-state index contributed by atoms with van der Waals surface area (Å²) in [5, 5.41) is 12.2. The molecule has 7 nitrogen and oxygen atoms in total. The summed E-state index contributed by atoms with van der Waals surface area (Å²) < 4.78 is 30.3. The number of carbonyl (C=O) groups is 1. The van der Waals surface area contributed by atoms with Gasteiger partial charge in [-0.3, -0.25) is 9.52 Å². The largest absolute Gasteiger partial charge is 0.469 e. The maximum absolute atomic E-state index is 12.3. The van der Waals surface area contributed by atoms with Gasteiger partial charge in [0.2, 0.25) is 15.9 Å². The molecular formula is C17H17N3O4S. The molecule has 1 saturated heterocycles. The summed E-state index contributed by atoms with van der Waals surface area (Å²) in [5.41, 5.74) is 1.28. The fraction of sp³-hybridized carbons (Fsp3) is 0.294. The van der Waals surface area contributed by atoms with E-state index >= 15 is 0 Å². The molecule has 1 aromatic heterocycles. The number of hydrogen-bond donors (Lipinski definition) is 2. The summed E-state index contributed by atoms with van der Waals surface area (Å²) in [6.45, 7) is 0. The van der Waals surface area contributed by atoms with Gasteiger partial charge in [0.15, 0.2) is 0 Å². The zero-order valence-electron chi connectivity index (χ0n) is 13.5. The fourth-order valence-corrected chi connectivity index (χ4v) is 3.61. The monoisotopic (exact) mass is 359 g/mol. The number of benzene rings is 1. The third-order valence-corrected chi connectivity index (χ3v) is 4.76. The molecule has 1 aromatic carbocycles. The van der Waals surface area contributed by atoms with Crippen LogP contribution in [0.2, 0.25) is 0 Å². The van der Waals surface area contributed by atoms with Crippen LogP contribution in [0.4, 0.5) is 5.69 Å². The van der Waals surface area contributed by atoms with Gasteiger partial charge in [0.25, 0.3) is 0 Å². The van der Waals surface area contributed by atoms with Gasteiger partial charge in [-0.25, -0.2) is 8.42 Å². The molecule has 25 heavy (non-hydrogen) atoms. The van der Waals surface area contributed by atoms with Crippen molar-refractivity contribution in [3.63, 3.8) is 0 Å². The van der Waals surface area contributed by atoms with E-state index in [0.29, 0.717) is 17.9 Å². The van der Waals surface area contributed by atoms with Crippen molar-refractivity contribution in [3.05, 3.63) is 54.0 Å². The van der Waals surface area contributed by atoms with Crippen LogP contribution in [0.3, 0.4) is 0 Å². The summed E-state index contributed by atoms with van der Waals surface area (Å²) in [6.07, 6.45) is 3.13. The molecule has 3 unspecified atom stereocenters. The summed E-state index contributed by atoms with van der Waals surface area (Å²) in [7, 11) is -3.34. The average molecular weight is 359 g/mol. The molecule has 2 aromatic rings. The van der Waals surface area contributed by atoms with E-state index in [2.05, 4.69) is 16.1 Å². The van der Waals surface area contributed by atoms with E-state index in [4.69, 9.17) is 4.42 Å². The molecule has 0 bridgehead atoms. The van der Waals surface area contributed by atoms with E-state index in [1.54, 1.807) is 36.4 Å². The van der Waals surface area contributed by atoms with Crippen molar-refractivity contribution in [1.82, 2.24) is 5.32 Å². The molecule has 1 aliphatic rings. The maximum atomic E-state index is 12.3. The first-order chi connectivity index (χ1) is 11.9. The van der Waals surface area contributed by atoms with E-state index in [0.717, 1.165) is 11.8 Å². The Morgan fingerprint density at radius 3 is 2.56 bits per heavy atom. The van der Waals surface area contributed by atoms with Crippen LogP contribution in [0.1, 0.15) is 29.7 Å². The topological polar surface area (TPSA) is 112 Å². The van der Waals surface area contributed by atoms with Gasteiger partial charge >= 0.3 is 0 Å². The minimum atomic E-state index is -3.34. The number of anilines is 1. The normalized spacial score (nSPS) is 23.5. The first-order valence-electron chi connectivity index (χ1n) is 7.68. The molecular weight excluding hydrogens is 342 g/mol. The van der Waals surface area contributed by atoms with Crippen LogP contribution in [0, 0.1) is 17.2 Å². The molecule has 0 radical (unpaired) electrons. The summed E-state index contributed by atoms with van der Waals surface area (Å²) in [4.78, 5) is 12.3. The summed E-state index contributed by atoms with van der Waals surface area (Å²) in [6, 6.07) is 12.1. The highest BCUT2D eigenvalue weighted by molar-refractivity contribution is 7.92. The SMILES string of the molecule is CS(=O)(=O)Nc1ccc(C2CC(c3ccco3)C(C#N)C(=O)N2)cc1. The first kappa shape index (κ1) is 17.0. The number of piperidine rings is 1. The Morgan fingerprint density at radius 1 is 1.28 bits per heavy atom. The highest BCUT2D eigenvalue weighted by Gasteiger charge is 2.39. The van der Waals surface area contributed by atoms with Crippen LogP contribution in [0.15, 0.2) is 47.1 Å². The van der Waals surface area contributed by atoms with Crippen LogP contribution in [0.5, 0.6) is 0 Å². The standard InChI is InChI=1S/C17H17N3O4S/c1-25(22,23)20-12-6-4-11(5-7-12)15-9-13(16-3-2-8-24-16)14(10-18)17(21)19-15/h2-8,13-15,20H,9H2,1H3,(H,19,21). The minimum absolute atomic E-state index is 0.278. The van der Waals surface area contributed by atoms with Gasteiger partial charge in [-0.1, -0.05) is 12.1 Å². The van der Waals surface area contributed by atoms with Gasteiger partial charge in [0.1, 0.15) is 11.7 Å². The average Bonchev–Trinajstić information content (AvgIpc) is 3.07. The van der Waals surface area contributed by atoms with E-state index in [-0.39, 0.29) is 17.9 Å². The zero-order valence-corrected chi connectivity index (χ0v) is 14.3. The Bertz CT molecular complexity index is 898.